The van der Waals surface area contributed by atoms with Crippen LogP contribution in [0.3, 0.4) is 0 Å². The molecule has 0 radical (unpaired) electrons. The summed E-state index contributed by atoms with van der Waals surface area (Å²) < 4.78 is 10.4. The molecule has 0 bridgehead atoms. The number of esters is 1. The fourth-order valence-corrected chi connectivity index (χ4v) is 4.41. The normalized spacial score (nSPS) is 19.1. The highest BCUT2D eigenvalue weighted by Gasteiger charge is 2.34. The number of methoxy groups -OCH3 is 2. The Morgan fingerprint density at radius 1 is 1.09 bits per heavy atom. The lowest BCUT2D eigenvalue weighted by atomic mass is 9.94. The monoisotopic (exact) mass is 470 g/mol. The smallest absolute Gasteiger partial charge is 0.338 e. The summed E-state index contributed by atoms with van der Waals surface area (Å²) in [5, 5.41) is 6.39. The van der Waals surface area contributed by atoms with Crippen LogP contribution in [0, 0.1) is 0 Å². The molecule has 1 saturated heterocycles. The number of ether oxygens (including phenoxy) is 2. The van der Waals surface area contributed by atoms with Gasteiger partial charge >= 0.3 is 12.0 Å². The van der Waals surface area contributed by atoms with Gasteiger partial charge in [-0.25, -0.2) is 9.59 Å². The Labute approximate surface area is 198 Å². The number of carbonyl (C=O) groups excluding carboxylic acids is 2. The number of anilines is 1. The molecule has 1 atom stereocenters. The molecule has 2 heterocycles. The summed E-state index contributed by atoms with van der Waals surface area (Å²) in [5.41, 5.74) is 2.77. The Hall–Kier alpha value is -3.23. The van der Waals surface area contributed by atoms with Crippen LogP contribution < -0.4 is 20.3 Å². The second-order valence-electron chi connectivity index (χ2n) is 7.93. The Kier molecular flexibility index (Phi) is 7.05. The molecule has 9 heteroatoms. The van der Waals surface area contributed by atoms with E-state index in [1.165, 1.54) is 7.11 Å². The molecule has 0 saturated carbocycles. The molecule has 174 valence electrons. The molecule has 33 heavy (non-hydrogen) atoms. The van der Waals surface area contributed by atoms with Crippen LogP contribution >= 0.6 is 11.6 Å². The van der Waals surface area contributed by atoms with Crippen molar-refractivity contribution in [3.05, 3.63) is 70.4 Å². The number of nitrogens with zero attached hydrogens (tertiary/aromatic N) is 2. The molecule has 0 aliphatic carbocycles. The number of carbonyl (C=O) groups is 2. The van der Waals surface area contributed by atoms with Gasteiger partial charge in [-0.15, -0.1) is 0 Å². The van der Waals surface area contributed by atoms with Crippen LogP contribution in [-0.4, -0.2) is 63.8 Å². The predicted octanol–water partition coefficient (Wildman–Crippen LogP) is 2.95. The first-order valence-electron chi connectivity index (χ1n) is 10.7. The molecule has 2 N–H and O–H groups in total. The van der Waals surface area contributed by atoms with Crippen molar-refractivity contribution in [2.45, 2.75) is 6.04 Å². The molecule has 2 aromatic carbocycles. The highest BCUT2D eigenvalue weighted by molar-refractivity contribution is 6.30. The number of nitrogens with one attached hydrogen (secondary N) is 2. The fraction of sp³-hybridized carbons (Fsp3) is 0.333. The molecule has 2 aromatic rings. The third kappa shape index (κ3) is 5.23. The summed E-state index contributed by atoms with van der Waals surface area (Å²) in [6, 6.07) is 14.1. The molecule has 4 rings (SSSR count). The van der Waals surface area contributed by atoms with E-state index in [9.17, 15) is 9.59 Å². The van der Waals surface area contributed by atoms with Gasteiger partial charge in [0, 0.05) is 49.1 Å². The van der Waals surface area contributed by atoms with Crippen molar-refractivity contribution in [1.82, 2.24) is 15.5 Å². The summed E-state index contributed by atoms with van der Waals surface area (Å²) in [5.74, 6) is 0.158. The van der Waals surface area contributed by atoms with E-state index in [0.29, 0.717) is 28.6 Å². The van der Waals surface area contributed by atoms with Crippen molar-refractivity contribution < 1.29 is 19.1 Å². The summed E-state index contributed by atoms with van der Waals surface area (Å²) in [7, 11) is 2.92. The number of halogens is 1. The topological polar surface area (TPSA) is 83.1 Å². The molecular formula is C24H27ClN4O4. The van der Waals surface area contributed by atoms with Crippen molar-refractivity contribution in [3.8, 4) is 5.75 Å². The van der Waals surface area contributed by atoms with E-state index in [0.717, 1.165) is 37.4 Å². The van der Waals surface area contributed by atoms with E-state index >= 15 is 0 Å². The number of hydrogen-bond donors (Lipinski definition) is 2. The highest BCUT2D eigenvalue weighted by atomic mass is 35.5. The third-order valence-electron chi connectivity index (χ3n) is 5.91. The fourth-order valence-electron chi connectivity index (χ4n) is 4.23. The maximum atomic E-state index is 12.8. The molecule has 2 amide bonds. The van der Waals surface area contributed by atoms with Crippen molar-refractivity contribution >= 4 is 29.3 Å². The van der Waals surface area contributed by atoms with Crippen molar-refractivity contribution in [1.29, 1.82) is 0 Å². The molecule has 2 aliphatic rings. The standard InChI is InChI=1S/C24H27ClN4O4/c1-32-19-8-3-5-16(13-19)22-21(23(30)33-2)20(26-24(31)27-22)15-28-9-11-29(12-10-28)18-7-4-6-17(25)14-18/h3-8,13-14,22H,9-12,15H2,1-2H3,(H2,26,27,31)/t22-/m0/s1. The van der Waals surface area contributed by atoms with Gasteiger partial charge in [-0.1, -0.05) is 29.8 Å². The Balaban J connectivity index is 1.55. The van der Waals surface area contributed by atoms with Crippen LogP contribution in [0.15, 0.2) is 59.8 Å². The highest BCUT2D eigenvalue weighted by Crippen LogP contribution is 2.30. The first kappa shape index (κ1) is 22.9. The lowest BCUT2D eigenvalue weighted by Crippen LogP contribution is -2.51. The Bertz CT molecular complexity index is 1070. The molecule has 1 fully saturated rings. The lowest BCUT2D eigenvalue weighted by Gasteiger charge is -2.38. The number of urea groups is 1. The molecule has 0 aromatic heterocycles. The largest absolute Gasteiger partial charge is 0.497 e. The minimum Gasteiger partial charge on any atom is -0.497 e. The van der Waals surface area contributed by atoms with Gasteiger partial charge in [0.05, 0.1) is 25.8 Å². The number of hydrogen-bond acceptors (Lipinski definition) is 6. The average molecular weight is 471 g/mol. The summed E-state index contributed by atoms with van der Waals surface area (Å²) in [6.07, 6.45) is 0. The second kappa shape index (κ2) is 10.1. The van der Waals surface area contributed by atoms with Crippen molar-refractivity contribution in [3.63, 3.8) is 0 Å². The number of amides is 2. The zero-order valence-corrected chi connectivity index (χ0v) is 19.4. The molecular weight excluding hydrogens is 444 g/mol. The van der Waals surface area contributed by atoms with Gasteiger partial charge in [-0.3, -0.25) is 4.90 Å². The quantitative estimate of drug-likeness (QED) is 0.632. The first-order chi connectivity index (χ1) is 16.0. The summed E-state index contributed by atoms with van der Waals surface area (Å²) >= 11 is 6.14. The van der Waals surface area contributed by atoms with E-state index in [-0.39, 0.29) is 6.03 Å². The average Bonchev–Trinajstić information content (AvgIpc) is 2.83. The second-order valence-corrected chi connectivity index (χ2v) is 8.37. The van der Waals surface area contributed by atoms with Crippen LogP contribution in [0.1, 0.15) is 11.6 Å². The van der Waals surface area contributed by atoms with Crippen LogP contribution in [0.4, 0.5) is 10.5 Å². The van der Waals surface area contributed by atoms with Gasteiger partial charge in [-0.2, -0.15) is 0 Å². The first-order valence-corrected chi connectivity index (χ1v) is 11.1. The Morgan fingerprint density at radius 3 is 2.55 bits per heavy atom. The van der Waals surface area contributed by atoms with Gasteiger partial charge in [0.15, 0.2) is 0 Å². The molecule has 2 aliphatic heterocycles. The van der Waals surface area contributed by atoms with Crippen LogP contribution in [0.2, 0.25) is 5.02 Å². The van der Waals surface area contributed by atoms with Crippen LogP contribution in [-0.2, 0) is 9.53 Å². The van der Waals surface area contributed by atoms with E-state index < -0.39 is 12.0 Å². The third-order valence-corrected chi connectivity index (χ3v) is 6.15. The van der Waals surface area contributed by atoms with Crippen LogP contribution in [0.5, 0.6) is 5.75 Å². The minimum atomic E-state index is -0.635. The maximum absolute atomic E-state index is 12.8. The van der Waals surface area contributed by atoms with E-state index in [4.69, 9.17) is 21.1 Å². The molecule has 0 unspecified atom stereocenters. The summed E-state index contributed by atoms with van der Waals surface area (Å²) in [4.78, 5) is 29.8. The minimum absolute atomic E-state index is 0.358. The van der Waals surface area contributed by atoms with Crippen molar-refractivity contribution in [2.24, 2.45) is 0 Å². The summed E-state index contributed by atoms with van der Waals surface area (Å²) in [6.45, 7) is 3.61. The van der Waals surface area contributed by atoms with Gasteiger partial charge in [0.1, 0.15) is 5.75 Å². The SMILES string of the molecule is COC(=O)C1=C(CN2CCN(c3cccc(Cl)c3)CC2)NC(=O)N[C@H]1c1cccc(OC)c1. The zero-order chi connectivity index (χ0) is 23.4. The number of rotatable bonds is 6. The van der Waals surface area contributed by atoms with Crippen LogP contribution in [0.25, 0.3) is 0 Å². The van der Waals surface area contributed by atoms with Gasteiger partial charge in [0.2, 0.25) is 0 Å². The zero-order valence-electron chi connectivity index (χ0n) is 18.6. The maximum Gasteiger partial charge on any atom is 0.338 e. The lowest BCUT2D eigenvalue weighted by molar-refractivity contribution is -0.136. The van der Waals surface area contributed by atoms with E-state index in [1.54, 1.807) is 13.2 Å². The van der Waals surface area contributed by atoms with E-state index in [2.05, 4.69) is 20.4 Å². The molecule has 8 nitrogen and oxygen atoms in total. The molecule has 0 spiro atoms. The van der Waals surface area contributed by atoms with Crippen molar-refractivity contribution in [2.75, 3.05) is 51.8 Å². The number of benzene rings is 2. The number of piperazine rings is 1. The van der Waals surface area contributed by atoms with Gasteiger partial charge < -0.3 is 25.0 Å². The Morgan fingerprint density at radius 2 is 1.85 bits per heavy atom. The van der Waals surface area contributed by atoms with Gasteiger partial charge in [-0.05, 0) is 35.9 Å². The van der Waals surface area contributed by atoms with Gasteiger partial charge in [0.25, 0.3) is 0 Å². The predicted molar refractivity (Wildman–Crippen MR) is 127 cm³/mol. The van der Waals surface area contributed by atoms with E-state index in [1.807, 2.05) is 42.5 Å².